The smallest absolute Gasteiger partial charge is 0.252 e. The molecule has 2 amide bonds. The fraction of sp³-hybridized carbons (Fsp3) is 0.0588. The zero-order chi connectivity index (χ0) is 17.1. The van der Waals surface area contributed by atoms with Gasteiger partial charge in [0.05, 0.1) is 17.5 Å². The molecule has 0 aliphatic carbocycles. The first-order chi connectivity index (χ1) is 11.6. The predicted octanol–water partition coefficient (Wildman–Crippen LogP) is 1.86. The summed E-state index contributed by atoms with van der Waals surface area (Å²) in [7, 11) is 1.57. The average Bonchev–Trinajstić information content (AvgIpc) is 3.11. The second-order valence-corrected chi connectivity index (χ2v) is 4.99. The monoisotopic (exact) mass is 322 g/mol. The van der Waals surface area contributed by atoms with Crippen LogP contribution in [0.15, 0.2) is 53.1 Å². The van der Waals surface area contributed by atoms with Gasteiger partial charge in [0.1, 0.15) is 5.69 Å². The Morgan fingerprint density at radius 1 is 1.08 bits per heavy atom. The zero-order valence-corrected chi connectivity index (χ0v) is 12.8. The van der Waals surface area contributed by atoms with Gasteiger partial charge in [-0.25, -0.2) is 0 Å². The first-order valence-electron chi connectivity index (χ1n) is 7.14. The number of furan rings is 1. The van der Waals surface area contributed by atoms with E-state index in [1.165, 1.54) is 12.3 Å². The van der Waals surface area contributed by atoms with E-state index in [1.54, 1.807) is 37.4 Å². The normalized spacial score (nSPS) is 10.4. The highest BCUT2D eigenvalue weighted by molar-refractivity contribution is 5.98. The van der Waals surface area contributed by atoms with E-state index in [1.807, 2.05) is 6.07 Å². The van der Waals surface area contributed by atoms with Gasteiger partial charge < -0.3 is 15.5 Å². The summed E-state index contributed by atoms with van der Waals surface area (Å²) >= 11 is 0. The maximum Gasteiger partial charge on any atom is 0.252 e. The van der Waals surface area contributed by atoms with E-state index in [-0.39, 0.29) is 17.2 Å². The molecular weight excluding hydrogens is 308 g/mol. The molecule has 0 bridgehead atoms. The van der Waals surface area contributed by atoms with Gasteiger partial charge in [0.15, 0.2) is 5.76 Å². The molecule has 0 saturated heterocycles. The van der Waals surface area contributed by atoms with E-state index < -0.39 is 5.91 Å². The van der Waals surface area contributed by atoms with E-state index >= 15 is 0 Å². The number of carbonyl (C=O) groups excluding carboxylic acids is 2. The number of nitrogens with one attached hydrogen (secondary N) is 1. The Morgan fingerprint density at radius 2 is 1.83 bits per heavy atom. The highest BCUT2D eigenvalue weighted by Gasteiger charge is 2.15. The van der Waals surface area contributed by atoms with Crippen molar-refractivity contribution >= 4 is 11.8 Å². The number of carbonyl (C=O) groups is 2. The molecule has 0 aliphatic heterocycles. The fourth-order valence-corrected chi connectivity index (χ4v) is 2.27. The van der Waals surface area contributed by atoms with Crippen molar-refractivity contribution < 1.29 is 14.0 Å². The Balaban J connectivity index is 1.94. The van der Waals surface area contributed by atoms with E-state index in [0.29, 0.717) is 17.0 Å². The molecule has 7 nitrogen and oxygen atoms in total. The summed E-state index contributed by atoms with van der Waals surface area (Å²) in [6.45, 7) is 0. The Labute approximate surface area is 137 Å². The van der Waals surface area contributed by atoms with Crippen molar-refractivity contribution in [2.45, 2.75) is 0 Å². The van der Waals surface area contributed by atoms with Crippen LogP contribution in [0.2, 0.25) is 0 Å². The molecule has 1 aromatic carbocycles. The average molecular weight is 322 g/mol. The molecule has 3 rings (SSSR count). The van der Waals surface area contributed by atoms with Gasteiger partial charge in [0.25, 0.3) is 11.8 Å². The predicted molar refractivity (Wildman–Crippen MR) is 87.1 cm³/mol. The summed E-state index contributed by atoms with van der Waals surface area (Å²) in [6.07, 6.45) is 1.37. The van der Waals surface area contributed by atoms with Crippen LogP contribution in [-0.4, -0.2) is 29.1 Å². The zero-order valence-electron chi connectivity index (χ0n) is 12.8. The van der Waals surface area contributed by atoms with Crippen molar-refractivity contribution in [3.05, 3.63) is 59.9 Å². The molecule has 3 N–H and O–H groups in total. The highest BCUT2D eigenvalue weighted by atomic mass is 16.3. The Bertz CT molecular complexity index is 900. The van der Waals surface area contributed by atoms with Crippen LogP contribution in [0, 0.1) is 0 Å². The van der Waals surface area contributed by atoms with E-state index in [2.05, 4.69) is 15.5 Å². The summed E-state index contributed by atoms with van der Waals surface area (Å²) in [4.78, 5) is 23.1. The van der Waals surface area contributed by atoms with Gasteiger partial charge in [-0.1, -0.05) is 12.1 Å². The number of primary amides is 1. The first kappa shape index (κ1) is 15.4. The molecular formula is C17H14N4O3. The van der Waals surface area contributed by atoms with Gasteiger partial charge in [-0.05, 0) is 30.3 Å². The van der Waals surface area contributed by atoms with Gasteiger partial charge in [-0.3, -0.25) is 9.59 Å². The maximum absolute atomic E-state index is 11.7. The van der Waals surface area contributed by atoms with E-state index in [9.17, 15) is 9.59 Å². The Morgan fingerprint density at radius 3 is 2.50 bits per heavy atom. The number of rotatable bonds is 4. The van der Waals surface area contributed by atoms with Gasteiger partial charge >= 0.3 is 0 Å². The molecule has 2 aromatic heterocycles. The van der Waals surface area contributed by atoms with Gasteiger partial charge in [0.2, 0.25) is 0 Å². The molecule has 7 heteroatoms. The van der Waals surface area contributed by atoms with Gasteiger partial charge in [-0.15, -0.1) is 10.2 Å². The minimum Gasteiger partial charge on any atom is -0.462 e. The number of hydrogen-bond acceptors (Lipinski definition) is 5. The third kappa shape index (κ3) is 2.87. The van der Waals surface area contributed by atoms with Crippen molar-refractivity contribution in [1.29, 1.82) is 0 Å². The summed E-state index contributed by atoms with van der Waals surface area (Å²) in [5, 5.41) is 10.8. The minimum atomic E-state index is -0.595. The SMILES string of the molecule is CNC(=O)c1cccc(-c2ccc(-c3occc3C(N)=O)nn2)c1. The second kappa shape index (κ2) is 6.33. The lowest BCUT2D eigenvalue weighted by molar-refractivity contribution is 0.0961. The van der Waals surface area contributed by atoms with Crippen LogP contribution in [0.1, 0.15) is 20.7 Å². The maximum atomic E-state index is 11.7. The third-order valence-electron chi connectivity index (χ3n) is 3.48. The molecule has 24 heavy (non-hydrogen) atoms. The molecule has 0 saturated carbocycles. The molecule has 0 atom stereocenters. The van der Waals surface area contributed by atoms with Crippen LogP contribution in [0.5, 0.6) is 0 Å². The van der Waals surface area contributed by atoms with Crippen molar-refractivity contribution in [2.24, 2.45) is 5.73 Å². The standard InChI is InChI=1S/C17H14N4O3/c1-19-17(23)11-4-2-3-10(9-11)13-5-6-14(21-20-13)15-12(16(18)22)7-8-24-15/h2-9H,1H3,(H2,18,22)(H,19,23). The first-order valence-corrected chi connectivity index (χ1v) is 7.14. The number of hydrogen-bond donors (Lipinski definition) is 2. The molecule has 0 spiro atoms. The Kier molecular flexibility index (Phi) is 4.07. The van der Waals surface area contributed by atoms with Crippen LogP contribution in [0.3, 0.4) is 0 Å². The van der Waals surface area contributed by atoms with Crippen LogP contribution in [-0.2, 0) is 0 Å². The van der Waals surface area contributed by atoms with E-state index in [4.69, 9.17) is 10.2 Å². The summed E-state index contributed by atoms with van der Waals surface area (Å²) < 4.78 is 5.27. The number of aromatic nitrogens is 2. The Hall–Kier alpha value is -3.48. The van der Waals surface area contributed by atoms with Gasteiger partial charge in [0, 0.05) is 18.2 Å². The number of nitrogens with zero attached hydrogens (tertiary/aromatic N) is 2. The molecule has 0 aliphatic rings. The van der Waals surface area contributed by atoms with Crippen molar-refractivity contribution in [1.82, 2.24) is 15.5 Å². The largest absolute Gasteiger partial charge is 0.462 e. The van der Waals surface area contributed by atoms with Crippen molar-refractivity contribution in [3.8, 4) is 22.7 Å². The third-order valence-corrected chi connectivity index (χ3v) is 3.48. The van der Waals surface area contributed by atoms with Gasteiger partial charge in [-0.2, -0.15) is 0 Å². The van der Waals surface area contributed by atoms with Crippen molar-refractivity contribution in [3.63, 3.8) is 0 Å². The van der Waals surface area contributed by atoms with Crippen LogP contribution in [0.4, 0.5) is 0 Å². The molecule has 2 heterocycles. The fourth-order valence-electron chi connectivity index (χ4n) is 2.27. The topological polar surface area (TPSA) is 111 Å². The van der Waals surface area contributed by atoms with Crippen LogP contribution >= 0.6 is 0 Å². The van der Waals surface area contributed by atoms with Crippen LogP contribution in [0.25, 0.3) is 22.7 Å². The second-order valence-electron chi connectivity index (χ2n) is 4.99. The highest BCUT2D eigenvalue weighted by Crippen LogP contribution is 2.24. The van der Waals surface area contributed by atoms with E-state index in [0.717, 1.165) is 5.56 Å². The van der Waals surface area contributed by atoms with Crippen molar-refractivity contribution in [2.75, 3.05) is 7.05 Å². The minimum absolute atomic E-state index is 0.178. The molecule has 0 fully saturated rings. The summed E-state index contributed by atoms with van der Waals surface area (Å²) in [5.74, 6) is -0.494. The number of nitrogens with two attached hydrogens (primary N) is 1. The quantitative estimate of drug-likeness (QED) is 0.761. The van der Waals surface area contributed by atoms with Crippen LogP contribution < -0.4 is 11.1 Å². The summed E-state index contributed by atoms with van der Waals surface area (Å²) in [5.41, 5.74) is 7.82. The lowest BCUT2D eigenvalue weighted by Gasteiger charge is -2.04. The molecule has 0 unspecified atom stereocenters. The lowest BCUT2D eigenvalue weighted by atomic mass is 10.1. The number of amides is 2. The molecule has 0 radical (unpaired) electrons. The lowest BCUT2D eigenvalue weighted by Crippen LogP contribution is -2.17. The molecule has 3 aromatic rings. The number of benzene rings is 1. The molecule has 120 valence electrons. The summed E-state index contributed by atoms with van der Waals surface area (Å²) in [6, 6.07) is 11.9.